The van der Waals surface area contributed by atoms with Gasteiger partial charge in [-0.25, -0.2) is 4.98 Å². The van der Waals surface area contributed by atoms with Crippen LogP contribution in [0.4, 0.5) is 5.69 Å². The van der Waals surface area contributed by atoms with Crippen LogP contribution in [0.25, 0.3) is 11.0 Å². The minimum Gasteiger partial charge on any atom is -0.451 e. The van der Waals surface area contributed by atoms with Crippen LogP contribution in [0.2, 0.25) is 0 Å². The summed E-state index contributed by atoms with van der Waals surface area (Å²) in [5.41, 5.74) is 3.56. The number of amides is 2. The van der Waals surface area contributed by atoms with E-state index in [-0.39, 0.29) is 23.6 Å². The first kappa shape index (κ1) is 20.8. The molecule has 1 aliphatic rings. The Morgan fingerprint density at radius 3 is 2.78 bits per heavy atom. The zero-order valence-electron chi connectivity index (χ0n) is 17.4. The molecule has 0 atom stereocenters. The number of thiazole rings is 1. The maximum absolute atomic E-state index is 13.2. The lowest BCUT2D eigenvalue weighted by Gasteiger charge is -2.08. The minimum absolute atomic E-state index is 0.122. The lowest BCUT2D eigenvalue weighted by molar-refractivity contribution is 0.0949. The highest BCUT2D eigenvalue weighted by atomic mass is 32.2. The molecule has 2 aromatic heterocycles. The number of fused-ring (bicyclic) bond motifs is 1. The number of benzene rings is 2. The largest absolute Gasteiger partial charge is 0.451 e. The Balaban J connectivity index is 1.38. The molecular formula is C24H21N3O3S2. The number of hydrogen-bond acceptors (Lipinski definition) is 6. The van der Waals surface area contributed by atoms with Gasteiger partial charge in [-0.1, -0.05) is 36.0 Å². The van der Waals surface area contributed by atoms with Gasteiger partial charge in [-0.2, -0.15) is 0 Å². The van der Waals surface area contributed by atoms with Crippen molar-refractivity contribution in [3.8, 4) is 0 Å². The van der Waals surface area contributed by atoms with Crippen LogP contribution in [0.1, 0.15) is 45.0 Å². The summed E-state index contributed by atoms with van der Waals surface area (Å²) in [4.78, 5) is 30.0. The zero-order chi connectivity index (χ0) is 22.1. The lowest BCUT2D eigenvalue weighted by Crippen LogP contribution is -2.25. The molecule has 2 N–H and O–H groups in total. The number of para-hydroxylation sites is 1. The first-order valence-electron chi connectivity index (χ1n) is 10.3. The molecule has 2 amide bonds. The summed E-state index contributed by atoms with van der Waals surface area (Å²) in [6.45, 7) is 1.96. The first-order valence-corrected chi connectivity index (χ1v) is 12.2. The molecule has 5 rings (SSSR count). The fourth-order valence-electron chi connectivity index (χ4n) is 3.38. The van der Waals surface area contributed by atoms with Gasteiger partial charge in [0.05, 0.1) is 0 Å². The summed E-state index contributed by atoms with van der Waals surface area (Å²) in [6.07, 6.45) is 2.05. The predicted octanol–water partition coefficient (Wildman–Crippen LogP) is 5.63. The van der Waals surface area contributed by atoms with Crippen LogP contribution in [-0.2, 0) is 5.75 Å². The standard InChI is InChI=1S/C24H21N3O3S2/c1-14-12-31-24(25-14)32-13-19-18-7-2-3-8-20(18)30-21(19)23(29)27-17-6-4-5-15(11-17)22(28)26-16-9-10-16/h2-8,11-12,16H,9-10,13H2,1H3,(H,26,28)(H,27,29). The Morgan fingerprint density at radius 1 is 1.16 bits per heavy atom. The van der Waals surface area contributed by atoms with Crippen molar-refractivity contribution in [2.45, 2.75) is 35.9 Å². The number of furan rings is 1. The van der Waals surface area contributed by atoms with Crippen molar-refractivity contribution in [1.29, 1.82) is 0 Å². The molecule has 0 aliphatic heterocycles. The molecular weight excluding hydrogens is 442 g/mol. The third-order valence-electron chi connectivity index (χ3n) is 5.14. The number of nitrogens with zero attached hydrogens (tertiary/aromatic N) is 1. The summed E-state index contributed by atoms with van der Waals surface area (Å²) >= 11 is 3.17. The predicted molar refractivity (Wildman–Crippen MR) is 128 cm³/mol. The van der Waals surface area contributed by atoms with Crippen LogP contribution < -0.4 is 10.6 Å². The van der Waals surface area contributed by atoms with E-state index in [1.807, 2.05) is 36.6 Å². The van der Waals surface area contributed by atoms with Crippen LogP contribution in [0.3, 0.4) is 0 Å². The molecule has 32 heavy (non-hydrogen) atoms. The minimum atomic E-state index is -0.341. The molecule has 0 spiro atoms. The lowest BCUT2D eigenvalue weighted by atomic mass is 10.1. The van der Waals surface area contributed by atoms with E-state index in [0.29, 0.717) is 22.6 Å². The van der Waals surface area contributed by atoms with Gasteiger partial charge in [0.2, 0.25) is 0 Å². The van der Waals surface area contributed by atoms with Gasteiger partial charge >= 0.3 is 0 Å². The molecule has 2 heterocycles. The maximum Gasteiger partial charge on any atom is 0.291 e. The molecule has 0 radical (unpaired) electrons. The second-order valence-corrected chi connectivity index (χ2v) is 9.81. The summed E-state index contributed by atoms with van der Waals surface area (Å²) < 4.78 is 6.90. The van der Waals surface area contributed by atoms with Gasteiger partial charge < -0.3 is 15.1 Å². The SMILES string of the molecule is Cc1csc(SCc2c(C(=O)Nc3cccc(C(=O)NC4CC4)c3)oc3ccccc23)n1. The van der Waals surface area contributed by atoms with Crippen molar-refractivity contribution in [2.24, 2.45) is 0 Å². The Morgan fingerprint density at radius 2 is 2.00 bits per heavy atom. The van der Waals surface area contributed by atoms with Crippen LogP contribution in [0, 0.1) is 6.92 Å². The molecule has 1 aliphatic carbocycles. The van der Waals surface area contributed by atoms with Gasteiger partial charge in [0.15, 0.2) is 5.76 Å². The summed E-state index contributed by atoms with van der Waals surface area (Å²) in [7, 11) is 0. The molecule has 0 saturated heterocycles. The molecule has 8 heteroatoms. The topological polar surface area (TPSA) is 84.2 Å². The molecule has 0 bridgehead atoms. The second kappa shape index (κ2) is 8.80. The van der Waals surface area contributed by atoms with Gasteiger partial charge in [-0.3, -0.25) is 9.59 Å². The Hall–Kier alpha value is -3.10. The Labute approximate surface area is 193 Å². The average molecular weight is 464 g/mol. The van der Waals surface area contributed by atoms with E-state index in [1.165, 1.54) is 0 Å². The zero-order valence-corrected chi connectivity index (χ0v) is 19.0. The number of hydrogen-bond donors (Lipinski definition) is 2. The summed E-state index contributed by atoms with van der Waals surface area (Å²) in [6, 6.07) is 14.9. The smallest absolute Gasteiger partial charge is 0.291 e. The monoisotopic (exact) mass is 463 g/mol. The molecule has 1 saturated carbocycles. The van der Waals surface area contributed by atoms with E-state index in [2.05, 4.69) is 15.6 Å². The molecule has 1 fully saturated rings. The van der Waals surface area contributed by atoms with E-state index < -0.39 is 0 Å². The van der Waals surface area contributed by atoms with E-state index in [4.69, 9.17) is 4.42 Å². The highest BCUT2D eigenvalue weighted by Gasteiger charge is 2.24. The van der Waals surface area contributed by atoms with E-state index in [1.54, 1.807) is 47.4 Å². The van der Waals surface area contributed by atoms with Gasteiger partial charge in [-0.05, 0) is 44.0 Å². The number of nitrogens with one attached hydrogen (secondary N) is 2. The number of rotatable bonds is 7. The third-order valence-corrected chi connectivity index (χ3v) is 7.30. The van der Waals surface area contributed by atoms with Gasteiger partial charge in [0, 0.05) is 45.1 Å². The van der Waals surface area contributed by atoms with E-state index >= 15 is 0 Å². The molecule has 2 aromatic carbocycles. The number of thioether (sulfide) groups is 1. The van der Waals surface area contributed by atoms with Crippen molar-refractivity contribution in [2.75, 3.05) is 5.32 Å². The van der Waals surface area contributed by atoms with Crippen LogP contribution in [0.5, 0.6) is 0 Å². The van der Waals surface area contributed by atoms with Crippen molar-refractivity contribution >= 4 is 51.6 Å². The molecule has 0 unspecified atom stereocenters. The fraction of sp³-hybridized carbons (Fsp3) is 0.208. The quantitative estimate of drug-likeness (QED) is 0.347. The van der Waals surface area contributed by atoms with Gasteiger partial charge in [-0.15, -0.1) is 11.3 Å². The molecule has 162 valence electrons. The van der Waals surface area contributed by atoms with Gasteiger partial charge in [0.25, 0.3) is 11.8 Å². The van der Waals surface area contributed by atoms with Crippen LogP contribution in [0.15, 0.2) is 62.7 Å². The first-order chi connectivity index (χ1) is 15.6. The average Bonchev–Trinajstić information content (AvgIpc) is 3.38. The number of carbonyl (C=O) groups is 2. The summed E-state index contributed by atoms with van der Waals surface area (Å²) in [5, 5.41) is 8.78. The number of aromatic nitrogens is 1. The second-order valence-electron chi connectivity index (χ2n) is 7.73. The van der Waals surface area contributed by atoms with Crippen molar-refractivity contribution in [1.82, 2.24) is 10.3 Å². The number of anilines is 1. The highest BCUT2D eigenvalue weighted by Crippen LogP contribution is 2.33. The van der Waals surface area contributed by atoms with E-state index in [9.17, 15) is 9.59 Å². The van der Waals surface area contributed by atoms with Crippen molar-refractivity contribution in [3.63, 3.8) is 0 Å². The number of carbonyl (C=O) groups excluding carboxylic acids is 2. The highest BCUT2D eigenvalue weighted by molar-refractivity contribution is 8.00. The Bertz CT molecular complexity index is 1310. The Kier molecular flexibility index (Phi) is 5.71. The molecule has 4 aromatic rings. The molecule has 6 nitrogen and oxygen atoms in total. The third kappa shape index (κ3) is 4.56. The maximum atomic E-state index is 13.2. The number of aryl methyl sites for hydroxylation is 1. The van der Waals surface area contributed by atoms with E-state index in [0.717, 1.165) is 33.8 Å². The normalized spacial score (nSPS) is 13.3. The van der Waals surface area contributed by atoms with Crippen molar-refractivity contribution in [3.05, 3.63) is 76.5 Å². The van der Waals surface area contributed by atoms with Crippen molar-refractivity contribution < 1.29 is 14.0 Å². The van der Waals surface area contributed by atoms with Crippen LogP contribution >= 0.6 is 23.1 Å². The summed E-state index contributed by atoms with van der Waals surface area (Å²) in [5.74, 6) is 0.381. The van der Waals surface area contributed by atoms with Gasteiger partial charge in [0.1, 0.15) is 9.92 Å². The fourth-order valence-corrected chi connectivity index (χ4v) is 5.26. The van der Waals surface area contributed by atoms with Crippen LogP contribution in [-0.4, -0.2) is 22.8 Å².